The molecule has 2 heterocycles. The van der Waals surface area contributed by atoms with Crippen LogP contribution in [0.15, 0.2) is 53.3 Å². The first kappa shape index (κ1) is 19.8. The van der Waals surface area contributed by atoms with Crippen LogP contribution in [0.25, 0.3) is 17.0 Å². The minimum Gasteiger partial charge on any atom is -0.324 e. The largest absolute Gasteiger partial charge is 0.352 e. The van der Waals surface area contributed by atoms with Crippen LogP contribution in [-0.2, 0) is 11.3 Å². The molecule has 30 heavy (non-hydrogen) atoms. The van der Waals surface area contributed by atoms with Crippen molar-refractivity contribution in [2.24, 2.45) is 0 Å². The number of anilines is 1. The van der Waals surface area contributed by atoms with Crippen LogP contribution in [0, 0.1) is 20.8 Å². The number of rotatable bonds is 4. The molecule has 7 nitrogen and oxygen atoms in total. The number of hydrogen-bond acceptors (Lipinski definition) is 4. The number of fused-ring (bicyclic) bond motifs is 1. The number of hydrogen-bond donors (Lipinski definition) is 1. The Balaban J connectivity index is 1.69. The van der Waals surface area contributed by atoms with E-state index in [0.29, 0.717) is 27.9 Å². The van der Waals surface area contributed by atoms with Crippen molar-refractivity contribution in [1.82, 2.24) is 19.2 Å². The highest BCUT2D eigenvalue weighted by Gasteiger charge is 2.16. The van der Waals surface area contributed by atoms with Gasteiger partial charge in [-0.15, -0.1) is 5.10 Å². The van der Waals surface area contributed by atoms with Gasteiger partial charge in [-0.3, -0.25) is 4.79 Å². The molecule has 8 heteroatoms. The third kappa shape index (κ3) is 3.97. The van der Waals surface area contributed by atoms with E-state index in [0.717, 1.165) is 21.4 Å². The second kappa shape index (κ2) is 7.76. The lowest BCUT2D eigenvalue weighted by Crippen LogP contribution is -2.28. The molecule has 1 N–H and O–H groups in total. The number of halogens is 1. The van der Waals surface area contributed by atoms with Crippen LogP contribution in [0.4, 0.5) is 5.69 Å². The van der Waals surface area contributed by atoms with Crippen LogP contribution in [0.2, 0.25) is 5.02 Å². The molecule has 0 unspecified atom stereocenters. The van der Waals surface area contributed by atoms with E-state index >= 15 is 0 Å². The van der Waals surface area contributed by atoms with E-state index in [1.165, 1.54) is 4.40 Å². The summed E-state index contributed by atoms with van der Waals surface area (Å²) < 4.78 is 2.55. The van der Waals surface area contributed by atoms with Crippen molar-refractivity contribution in [3.63, 3.8) is 0 Å². The number of benzene rings is 2. The van der Waals surface area contributed by atoms with Gasteiger partial charge in [0.05, 0.1) is 0 Å². The fraction of sp³-hybridized carbons (Fsp3) is 0.182. The third-order valence-corrected chi connectivity index (χ3v) is 4.85. The van der Waals surface area contributed by atoms with Crippen molar-refractivity contribution in [1.29, 1.82) is 0 Å². The van der Waals surface area contributed by atoms with Gasteiger partial charge < -0.3 is 5.32 Å². The molecular formula is C22H20ClN5O2. The maximum atomic E-state index is 13.0. The van der Waals surface area contributed by atoms with E-state index in [1.54, 1.807) is 30.3 Å². The van der Waals surface area contributed by atoms with Gasteiger partial charge >= 0.3 is 5.69 Å². The van der Waals surface area contributed by atoms with Gasteiger partial charge in [0.2, 0.25) is 5.91 Å². The van der Waals surface area contributed by atoms with Crippen molar-refractivity contribution in [3.05, 3.63) is 80.9 Å². The molecule has 4 aromatic rings. The van der Waals surface area contributed by atoms with Gasteiger partial charge in [0.25, 0.3) is 0 Å². The summed E-state index contributed by atoms with van der Waals surface area (Å²) in [4.78, 5) is 30.1. The maximum absolute atomic E-state index is 13.0. The number of aromatic nitrogens is 4. The molecule has 0 spiro atoms. The topological polar surface area (TPSA) is 81.3 Å². The highest BCUT2D eigenvalue weighted by Crippen LogP contribution is 2.20. The smallest absolute Gasteiger partial charge is 0.324 e. The minimum absolute atomic E-state index is 0.202. The molecule has 0 aliphatic rings. The standard InChI is InChI=1S/C22H20ClN5O2/c1-13-8-14(2)10-18(9-13)25-20(29)12-27-22(30)28-19(26-27)11-15(3)24-21(28)16-4-6-17(23)7-5-16/h4-11H,12H2,1-3H3,(H,25,29). The van der Waals surface area contributed by atoms with E-state index in [9.17, 15) is 9.59 Å². The number of carbonyl (C=O) groups excluding carboxylic acids is 1. The van der Waals surface area contributed by atoms with E-state index in [4.69, 9.17) is 11.6 Å². The van der Waals surface area contributed by atoms with E-state index in [-0.39, 0.29) is 12.5 Å². The molecule has 0 radical (unpaired) electrons. The fourth-order valence-corrected chi connectivity index (χ4v) is 3.56. The van der Waals surface area contributed by atoms with Crippen molar-refractivity contribution in [3.8, 4) is 11.4 Å². The lowest BCUT2D eigenvalue weighted by atomic mass is 10.1. The Morgan fingerprint density at radius 1 is 1.03 bits per heavy atom. The van der Waals surface area contributed by atoms with Gasteiger partial charge in [0, 0.05) is 28.0 Å². The Hall–Kier alpha value is -3.45. The molecule has 0 saturated heterocycles. The number of amides is 1. The summed E-state index contributed by atoms with van der Waals surface area (Å²) in [5.74, 6) is 0.121. The molecule has 0 fully saturated rings. The monoisotopic (exact) mass is 421 g/mol. The second-order valence-electron chi connectivity index (χ2n) is 7.29. The molecular weight excluding hydrogens is 402 g/mol. The van der Waals surface area contributed by atoms with Gasteiger partial charge in [0.15, 0.2) is 5.65 Å². The first-order valence-electron chi connectivity index (χ1n) is 9.41. The van der Waals surface area contributed by atoms with E-state index in [2.05, 4.69) is 15.4 Å². The molecule has 0 aliphatic heterocycles. The minimum atomic E-state index is -0.432. The molecule has 0 bridgehead atoms. The number of aryl methyl sites for hydroxylation is 3. The Bertz CT molecular complexity index is 1300. The van der Waals surface area contributed by atoms with Gasteiger partial charge in [-0.05, 0) is 68.3 Å². The molecule has 2 aromatic heterocycles. The van der Waals surface area contributed by atoms with Crippen molar-refractivity contribution < 1.29 is 4.79 Å². The van der Waals surface area contributed by atoms with Crippen LogP contribution < -0.4 is 11.0 Å². The first-order chi connectivity index (χ1) is 14.3. The Labute approximate surface area is 178 Å². The fourth-order valence-electron chi connectivity index (χ4n) is 3.43. The van der Waals surface area contributed by atoms with Crippen LogP contribution in [0.1, 0.15) is 16.8 Å². The summed E-state index contributed by atoms with van der Waals surface area (Å²) in [6, 6.07) is 14.5. The lowest BCUT2D eigenvalue weighted by Gasteiger charge is -2.07. The summed E-state index contributed by atoms with van der Waals surface area (Å²) in [5.41, 5.74) is 4.22. The van der Waals surface area contributed by atoms with E-state index < -0.39 is 5.69 Å². The highest BCUT2D eigenvalue weighted by molar-refractivity contribution is 6.30. The number of nitrogens with zero attached hydrogens (tertiary/aromatic N) is 4. The third-order valence-electron chi connectivity index (χ3n) is 4.60. The summed E-state index contributed by atoms with van der Waals surface area (Å²) in [7, 11) is 0. The highest BCUT2D eigenvalue weighted by atomic mass is 35.5. The van der Waals surface area contributed by atoms with Crippen molar-refractivity contribution >= 4 is 28.8 Å². The summed E-state index contributed by atoms with van der Waals surface area (Å²) in [6.45, 7) is 5.55. The zero-order valence-corrected chi connectivity index (χ0v) is 17.6. The zero-order valence-electron chi connectivity index (χ0n) is 16.8. The average molecular weight is 422 g/mol. The molecule has 1 amide bonds. The van der Waals surface area contributed by atoms with Crippen molar-refractivity contribution in [2.45, 2.75) is 27.3 Å². The van der Waals surface area contributed by atoms with Crippen LogP contribution in [-0.4, -0.2) is 25.1 Å². The summed E-state index contributed by atoms with van der Waals surface area (Å²) >= 11 is 5.98. The van der Waals surface area contributed by atoms with Gasteiger partial charge in [0.1, 0.15) is 12.4 Å². The Morgan fingerprint density at radius 2 is 1.70 bits per heavy atom. The van der Waals surface area contributed by atoms with Crippen LogP contribution >= 0.6 is 11.6 Å². The lowest BCUT2D eigenvalue weighted by molar-refractivity contribution is -0.117. The van der Waals surface area contributed by atoms with E-state index in [1.807, 2.05) is 39.0 Å². The SMILES string of the molecule is Cc1cc(C)cc(NC(=O)Cn2nc3cc(C)nc(-c4ccc(Cl)cc4)n3c2=O)c1. The quantitative estimate of drug-likeness (QED) is 0.543. The maximum Gasteiger partial charge on any atom is 0.352 e. The molecule has 2 aromatic carbocycles. The first-order valence-corrected chi connectivity index (χ1v) is 9.79. The van der Waals surface area contributed by atoms with Gasteiger partial charge in [-0.2, -0.15) is 0 Å². The van der Waals surface area contributed by atoms with Crippen molar-refractivity contribution in [2.75, 3.05) is 5.32 Å². The van der Waals surface area contributed by atoms with Crippen LogP contribution in [0.3, 0.4) is 0 Å². The Kier molecular flexibility index (Phi) is 5.13. The molecule has 0 atom stereocenters. The van der Waals surface area contributed by atoms with Gasteiger partial charge in [-0.25, -0.2) is 18.9 Å². The Morgan fingerprint density at radius 3 is 2.37 bits per heavy atom. The summed E-state index contributed by atoms with van der Waals surface area (Å²) in [6.07, 6.45) is 0. The predicted molar refractivity (Wildman–Crippen MR) is 117 cm³/mol. The van der Waals surface area contributed by atoms with Gasteiger partial charge in [-0.1, -0.05) is 17.7 Å². The number of carbonyl (C=O) groups is 1. The zero-order chi connectivity index (χ0) is 21.4. The van der Waals surface area contributed by atoms with Crippen LogP contribution in [0.5, 0.6) is 0 Å². The molecule has 0 saturated carbocycles. The molecule has 0 aliphatic carbocycles. The number of nitrogens with one attached hydrogen (secondary N) is 1. The second-order valence-corrected chi connectivity index (χ2v) is 7.72. The molecule has 152 valence electrons. The normalized spacial score (nSPS) is 11.1. The summed E-state index contributed by atoms with van der Waals surface area (Å²) in [5, 5.41) is 7.75. The average Bonchev–Trinajstić information content (AvgIpc) is 2.96. The predicted octanol–water partition coefficient (Wildman–Crippen LogP) is 3.78. The molecule has 4 rings (SSSR count).